The number of rotatable bonds is 5. The van der Waals surface area contributed by atoms with E-state index >= 15 is 0 Å². The van der Waals surface area contributed by atoms with Gasteiger partial charge >= 0.3 is 5.97 Å². The summed E-state index contributed by atoms with van der Waals surface area (Å²) in [5.41, 5.74) is -0.376. The second kappa shape index (κ2) is 8.03. The highest BCUT2D eigenvalue weighted by atomic mass is 16.6. The molecule has 0 saturated carbocycles. The van der Waals surface area contributed by atoms with Crippen LogP contribution in [0.4, 0.5) is 11.4 Å². The molecular formula is C20H13N3O8. The van der Waals surface area contributed by atoms with Crippen molar-refractivity contribution >= 4 is 34.2 Å². The number of esters is 1. The molecule has 1 amide bonds. The maximum absolute atomic E-state index is 12.4. The molecule has 31 heavy (non-hydrogen) atoms. The zero-order valence-corrected chi connectivity index (χ0v) is 15.7. The van der Waals surface area contributed by atoms with Gasteiger partial charge in [-0.2, -0.15) is 5.26 Å². The first kappa shape index (κ1) is 19.7. The lowest BCUT2D eigenvalue weighted by molar-refractivity contribution is -0.385. The standard InChI is InChI=1S/C20H13N3O8/c21-9-17-19(11-3-1-2-4-14(11)31-17)22-18(24)10-30-20(25)12-7-15-16(29-6-5-28-15)8-13(12)23(26)27/h1-4,7-8H,5-6,10H2,(H,22,24). The number of nitrogens with zero attached hydrogens (tertiary/aromatic N) is 2. The average molecular weight is 423 g/mol. The minimum atomic E-state index is -1.09. The van der Waals surface area contributed by atoms with Crippen molar-refractivity contribution in [1.29, 1.82) is 5.26 Å². The first-order chi connectivity index (χ1) is 15.0. The summed E-state index contributed by atoms with van der Waals surface area (Å²) >= 11 is 0. The lowest BCUT2D eigenvalue weighted by Crippen LogP contribution is -2.22. The van der Waals surface area contributed by atoms with Gasteiger partial charge in [-0.1, -0.05) is 12.1 Å². The third-order valence-corrected chi connectivity index (χ3v) is 4.37. The molecular weight excluding hydrogens is 410 g/mol. The first-order valence-corrected chi connectivity index (χ1v) is 8.94. The van der Waals surface area contributed by atoms with Crippen molar-refractivity contribution in [2.75, 3.05) is 25.1 Å². The van der Waals surface area contributed by atoms with Crippen LogP contribution in [0.15, 0.2) is 40.8 Å². The van der Waals surface area contributed by atoms with Crippen molar-refractivity contribution in [3.8, 4) is 17.6 Å². The molecule has 2 aromatic carbocycles. The quantitative estimate of drug-likeness (QED) is 0.370. The summed E-state index contributed by atoms with van der Waals surface area (Å²) in [6.07, 6.45) is 0. The zero-order valence-electron chi connectivity index (χ0n) is 15.7. The van der Waals surface area contributed by atoms with Crippen molar-refractivity contribution in [2.24, 2.45) is 0 Å². The van der Waals surface area contributed by atoms with Gasteiger partial charge in [-0.3, -0.25) is 14.9 Å². The summed E-state index contributed by atoms with van der Waals surface area (Å²) in [6, 6.07) is 10.8. The molecule has 0 aliphatic carbocycles. The Bertz CT molecular complexity index is 1260. The predicted molar refractivity (Wildman–Crippen MR) is 104 cm³/mol. The van der Waals surface area contributed by atoms with Crippen molar-refractivity contribution in [2.45, 2.75) is 0 Å². The molecule has 11 heteroatoms. The van der Waals surface area contributed by atoms with E-state index < -0.39 is 29.1 Å². The van der Waals surface area contributed by atoms with E-state index in [2.05, 4.69) is 5.32 Å². The number of amides is 1. The van der Waals surface area contributed by atoms with Gasteiger partial charge in [0.2, 0.25) is 5.76 Å². The Kier molecular flexibility index (Phi) is 5.11. The molecule has 156 valence electrons. The Morgan fingerprint density at radius 3 is 2.61 bits per heavy atom. The van der Waals surface area contributed by atoms with Gasteiger partial charge in [0.25, 0.3) is 11.6 Å². The van der Waals surface area contributed by atoms with E-state index in [1.165, 1.54) is 0 Å². The molecule has 11 nitrogen and oxygen atoms in total. The summed E-state index contributed by atoms with van der Waals surface area (Å²) in [6.45, 7) is -0.294. The maximum atomic E-state index is 12.4. The van der Waals surface area contributed by atoms with Crippen LogP contribution in [0.5, 0.6) is 11.5 Å². The van der Waals surface area contributed by atoms with Crippen LogP contribution in [0.1, 0.15) is 16.1 Å². The molecule has 0 saturated heterocycles. The predicted octanol–water partition coefficient (Wildman–Crippen LogP) is 2.78. The Morgan fingerprint density at radius 2 is 1.90 bits per heavy atom. The smallest absolute Gasteiger partial charge is 0.345 e. The van der Waals surface area contributed by atoms with Crippen LogP contribution in [0, 0.1) is 21.4 Å². The van der Waals surface area contributed by atoms with Gasteiger partial charge in [0.1, 0.15) is 36.1 Å². The number of para-hydroxylation sites is 1. The van der Waals surface area contributed by atoms with Crippen LogP contribution in [0.3, 0.4) is 0 Å². The molecule has 0 spiro atoms. The number of fused-ring (bicyclic) bond motifs is 2. The Labute approximate surface area is 173 Å². The molecule has 1 aliphatic rings. The van der Waals surface area contributed by atoms with E-state index in [-0.39, 0.29) is 41.7 Å². The number of nitrogens with one attached hydrogen (secondary N) is 1. The van der Waals surface area contributed by atoms with Crippen molar-refractivity contribution in [1.82, 2.24) is 0 Å². The van der Waals surface area contributed by atoms with Crippen molar-refractivity contribution < 1.29 is 33.1 Å². The molecule has 1 N–H and O–H groups in total. The highest BCUT2D eigenvalue weighted by Gasteiger charge is 2.28. The molecule has 3 aromatic rings. The van der Waals surface area contributed by atoms with Gasteiger partial charge < -0.3 is 23.9 Å². The van der Waals surface area contributed by atoms with Gasteiger partial charge in [0, 0.05) is 11.5 Å². The van der Waals surface area contributed by atoms with E-state index in [0.717, 1.165) is 12.1 Å². The van der Waals surface area contributed by atoms with Gasteiger partial charge in [0.05, 0.1) is 11.0 Å². The number of ether oxygens (including phenoxy) is 3. The van der Waals surface area contributed by atoms with Crippen LogP contribution in [-0.2, 0) is 9.53 Å². The molecule has 4 rings (SSSR count). The minimum absolute atomic E-state index is 0.108. The molecule has 0 unspecified atom stereocenters. The number of nitriles is 1. The number of nitro groups is 1. The average Bonchev–Trinajstić information content (AvgIpc) is 3.14. The topological polar surface area (TPSA) is 154 Å². The summed E-state index contributed by atoms with van der Waals surface area (Å²) in [5.74, 6) is -1.64. The van der Waals surface area contributed by atoms with E-state index in [1.54, 1.807) is 24.3 Å². The fraction of sp³-hybridized carbons (Fsp3) is 0.150. The Morgan fingerprint density at radius 1 is 1.19 bits per heavy atom. The number of carbonyl (C=O) groups excluding carboxylic acids is 2. The van der Waals surface area contributed by atoms with Crippen LogP contribution in [0.25, 0.3) is 11.0 Å². The Balaban J connectivity index is 1.50. The summed E-state index contributed by atoms with van der Waals surface area (Å²) < 4.78 is 20.9. The number of furan rings is 1. The number of benzene rings is 2. The normalized spacial score (nSPS) is 12.1. The molecule has 0 radical (unpaired) electrons. The van der Waals surface area contributed by atoms with Crippen LogP contribution in [-0.4, -0.2) is 36.6 Å². The highest BCUT2D eigenvalue weighted by molar-refractivity contribution is 6.04. The molecule has 1 aliphatic heterocycles. The largest absolute Gasteiger partial charge is 0.486 e. The number of anilines is 1. The van der Waals surface area contributed by atoms with Gasteiger partial charge in [-0.15, -0.1) is 0 Å². The summed E-state index contributed by atoms with van der Waals surface area (Å²) in [4.78, 5) is 35.3. The fourth-order valence-electron chi connectivity index (χ4n) is 3.03. The molecule has 0 fully saturated rings. The van der Waals surface area contributed by atoms with E-state index in [1.807, 2.05) is 6.07 Å². The second-order valence-electron chi connectivity index (χ2n) is 6.31. The van der Waals surface area contributed by atoms with Crippen LogP contribution in [0.2, 0.25) is 0 Å². The SMILES string of the molecule is N#Cc1oc2ccccc2c1NC(=O)COC(=O)c1cc2c(cc1[N+](=O)[O-])OCCO2. The summed E-state index contributed by atoms with van der Waals surface area (Å²) in [7, 11) is 0. The maximum Gasteiger partial charge on any atom is 0.345 e. The lowest BCUT2D eigenvalue weighted by Gasteiger charge is -2.18. The number of hydrogen-bond acceptors (Lipinski definition) is 9. The van der Waals surface area contributed by atoms with Crippen molar-refractivity contribution in [3.05, 3.63) is 57.8 Å². The number of hydrogen-bond donors (Lipinski definition) is 1. The number of nitro benzene ring substituents is 1. The molecule has 0 atom stereocenters. The third kappa shape index (κ3) is 3.82. The Hall–Kier alpha value is -4.59. The monoisotopic (exact) mass is 423 g/mol. The third-order valence-electron chi connectivity index (χ3n) is 4.37. The van der Waals surface area contributed by atoms with E-state index in [4.69, 9.17) is 18.6 Å². The van der Waals surface area contributed by atoms with Gasteiger partial charge in [-0.05, 0) is 12.1 Å². The van der Waals surface area contributed by atoms with Crippen LogP contribution < -0.4 is 14.8 Å². The second-order valence-corrected chi connectivity index (χ2v) is 6.31. The van der Waals surface area contributed by atoms with E-state index in [0.29, 0.717) is 11.0 Å². The van der Waals surface area contributed by atoms with Gasteiger partial charge in [-0.25, -0.2) is 4.79 Å². The van der Waals surface area contributed by atoms with Crippen molar-refractivity contribution in [3.63, 3.8) is 0 Å². The first-order valence-electron chi connectivity index (χ1n) is 8.94. The number of carbonyl (C=O) groups is 2. The lowest BCUT2D eigenvalue weighted by atomic mass is 10.1. The zero-order chi connectivity index (χ0) is 22.0. The van der Waals surface area contributed by atoms with Gasteiger partial charge in [0.15, 0.2) is 18.1 Å². The van der Waals surface area contributed by atoms with Crippen LogP contribution >= 0.6 is 0 Å². The highest BCUT2D eigenvalue weighted by Crippen LogP contribution is 2.37. The van der Waals surface area contributed by atoms with E-state index in [9.17, 15) is 25.0 Å². The fourth-order valence-corrected chi connectivity index (χ4v) is 3.03. The summed E-state index contributed by atoms with van der Waals surface area (Å²) in [5, 5.41) is 23.5. The molecule has 1 aromatic heterocycles. The molecule has 2 heterocycles. The molecule has 0 bridgehead atoms. The minimum Gasteiger partial charge on any atom is -0.486 e.